The van der Waals surface area contributed by atoms with Crippen LogP contribution in [-0.2, 0) is 22.5 Å². The zero-order valence-corrected chi connectivity index (χ0v) is 30.0. The van der Waals surface area contributed by atoms with Crippen LogP contribution in [0.3, 0.4) is 0 Å². The number of nitrogens with zero attached hydrogens (tertiary/aromatic N) is 2. The Balaban J connectivity index is 1.23. The first kappa shape index (κ1) is 35.4. The second-order valence-corrected chi connectivity index (χ2v) is 13.4. The lowest BCUT2D eigenvalue weighted by molar-refractivity contribution is -0.120. The number of fused-ring (bicyclic) bond motifs is 1. The summed E-state index contributed by atoms with van der Waals surface area (Å²) in [5.41, 5.74) is 10.8. The second kappa shape index (κ2) is 16.0. The fraction of sp³-hybridized carbons (Fsp3) is 0.378. The molecule has 0 aliphatic heterocycles. The average Bonchev–Trinajstić information content (AvgIpc) is 3.36. The first-order valence-electron chi connectivity index (χ1n) is 16.3. The van der Waals surface area contributed by atoms with E-state index in [1.807, 2.05) is 25.1 Å². The smallest absolute Gasteiger partial charge is 0.338 e. The molecule has 5 rings (SSSR count). The second-order valence-electron chi connectivity index (χ2n) is 12.1. The van der Waals surface area contributed by atoms with E-state index in [4.69, 9.17) is 26.8 Å². The minimum Gasteiger partial charge on any atom is -0.497 e. The summed E-state index contributed by atoms with van der Waals surface area (Å²) in [6, 6.07) is 16.1. The number of carbonyl (C=O) groups is 3. The molecule has 0 atom stereocenters. The summed E-state index contributed by atoms with van der Waals surface area (Å²) in [6.45, 7) is 5.66. The van der Waals surface area contributed by atoms with Gasteiger partial charge in [-0.25, -0.2) is 4.79 Å². The van der Waals surface area contributed by atoms with Gasteiger partial charge in [0.05, 0.1) is 36.8 Å². The van der Waals surface area contributed by atoms with Gasteiger partial charge in [-0.05, 0) is 108 Å². The molecule has 48 heavy (non-hydrogen) atoms. The number of esters is 1. The van der Waals surface area contributed by atoms with Crippen LogP contribution in [0.15, 0.2) is 59.1 Å². The molecule has 1 fully saturated rings. The molecular weight excluding hydrogens is 696 g/mol. The van der Waals surface area contributed by atoms with Crippen molar-refractivity contribution in [1.82, 2.24) is 14.8 Å². The molecule has 1 aromatic heterocycles. The molecule has 0 unspecified atom stereocenters. The topological polar surface area (TPSA) is 116 Å². The minimum atomic E-state index is -0.487. The van der Waals surface area contributed by atoms with Crippen molar-refractivity contribution in [3.8, 4) is 5.75 Å². The maximum Gasteiger partial charge on any atom is 0.338 e. The number of halogens is 2. The van der Waals surface area contributed by atoms with Crippen LogP contribution in [0, 0.1) is 6.92 Å². The standard InChI is InChI=1S/C37H42BrClN4O5/c1-4-42(28-8-6-5-7-9-28)22-26-18-25(19-32(38)35(26)40)37(46)48-17-16-41-34(44)21-30-23(2)43(33-15-14-29(47-3)20-31(30)33)36(45)24-10-12-27(39)13-11-24/h10-15,18-20,28H,4-9,16-17,21-22,40H2,1-3H3,(H,41,44). The molecule has 1 aliphatic rings. The van der Waals surface area contributed by atoms with E-state index in [-0.39, 0.29) is 31.4 Å². The molecule has 3 N–H and O–H groups in total. The number of benzene rings is 3. The first-order chi connectivity index (χ1) is 23.1. The van der Waals surface area contributed by atoms with Crippen molar-refractivity contribution in [2.75, 3.05) is 32.5 Å². The van der Waals surface area contributed by atoms with Gasteiger partial charge in [0, 0.05) is 38.7 Å². The Morgan fingerprint density at radius 1 is 1.04 bits per heavy atom. The summed E-state index contributed by atoms with van der Waals surface area (Å²) in [4.78, 5) is 42.2. The quantitative estimate of drug-likeness (QED) is 0.0890. The fourth-order valence-electron chi connectivity index (χ4n) is 6.52. The zero-order valence-electron chi connectivity index (χ0n) is 27.6. The molecule has 0 spiro atoms. The maximum absolute atomic E-state index is 13.6. The highest BCUT2D eigenvalue weighted by molar-refractivity contribution is 9.10. The molecule has 1 aliphatic carbocycles. The molecule has 0 bridgehead atoms. The van der Waals surface area contributed by atoms with E-state index < -0.39 is 5.97 Å². The summed E-state index contributed by atoms with van der Waals surface area (Å²) < 4.78 is 13.2. The van der Waals surface area contributed by atoms with Gasteiger partial charge in [0.2, 0.25) is 5.91 Å². The number of nitrogens with two attached hydrogens (primary N) is 1. The lowest BCUT2D eigenvalue weighted by atomic mass is 9.93. The Morgan fingerprint density at radius 3 is 2.46 bits per heavy atom. The number of hydrogen-bond donors (Lipinski definition) is 2. The van der Waals surface area contributed by atoms with Crippen LogP contribution in [0.5, 0.6) is 5.75 Å². The van der Waals surface area contributed by atoms with E-state index >= 15 is 0 Å². The van der Waals surface area contributed by atoms with Crippen molar-refractivity contribution < 1.29 is 23.9 Å². The SMILES string of the molecule is CCN(Cc1cc(C(=O)OCCNC(=O)Cc2c(C)n(C(=O)c3ccc(Cl)cc3)c3ccc(OC)cc23)cc(Br)c1N)C1CCCCC1. The molecule has 0 radical (unpaired) electrons. The van der Waals surface area contributed by atoms with Gasteiger partial charge in [-0.1, -0.05) is 37.8 Å². The fourth-order valence-corrected chi connectivity index (χ4v) is 7.15. The number of anilines is 1. The van der Waals surface area contributed by atoms with E-state index in [0.29, 0.717) is 61.4 Å². The Morgan fingerprint density at radius 2 is 1.77 bits per heavy atom. The normalized spacial score (nSPS) is 13.5. The largest absolute Gasteiger partial charge is 0.497 e. The van der Waals surface area contributed by atoms with Crippen LogP contribution >= 0.6 is 27.5 Å². The summed E-state index contributed by atoms with van der Waals surface area (Å²) in [5, 5.41) is 4.12. The number of hydrogen-bond acceptors (Lipinski definition) is 7. The lowest BCUT2D eigenvalue weighted by Crippen LogP contribution is -2.36. The van der Waals surface area contributed by atoms with Crippen LogP contribution < -0.4 is 15.8 Å². The Hall–Kier alpha value is -3.86. The minimum absolute atomic E-state index is 0.00528. The number of methoxy groups -OCH3 is 1. The average molecular weight is 738 g/mol. The van der Waals surface area contributed by atoms with Gasteiger partial charge < -0.3 is 20.5 Å². The van der Waals surface area contributed by atoms with Crippen molar-refractivity contribution in [2.45, 2.75) is 65.0 Å². The van der Waals surface area contributed by atoms with Crippen molar-refractivity contribution in [3.63, 3.8) is 0 Å². The van der Waals surface area contributed by atoms with Gasteiger partial charge >= 0.3 is 5.97 Å². The molecule has 1 saturated carbocycles. The molecule has 1 amide bonds. The molecule has 9 nitrogen and oxygen atoms in total. The lowest BCUT2D eigenvalue weighted by Gasteiger charge is -2.34. The van der Waals surface area contributed by atoms with E-state index in [1.165, 1.54) is 32.1 Å². The third-order valence-corrected chi connectivity index (χ3v) is 10.1. The van der Waals surface area contributed by atoms with Crippen LogP contribution in [-0.4, -0.2) is 60.1 Å². The summed E-state index contributed by atoms with van der Waals surface area (Å²) in [5.74, 6) is -0.374. The summed E-state index contributed by atoms with van der Waals surface area (Å²) >= 11 is 9.56. The number of carbonyl (C=O) groups excluding carboxylic acids is 3. The Kier molecular flexibility index (Phi) is 11.8. The van der Waals surface area contributed by atoms with Crippen LogP contribution in [0.4, 0.5) is 5.69 Å². The number of nitrogens with one attached hydrogen (secondary N) is 1. The number of amides is 1. The Bertz CT molecular complexity index is 1800. The monoisotopic (exact) mass is 736 g/mol. The highest BCUT2D eigenvalue weighted by Gasteiger charge is 2.24. The number of rotatable bonds is 12. The molecule has 0 saturated heterocycles. The molecular formula is C37H42BrClN4O5. The molecule has 11 heteroatoms. The predicted molar refractivity (Wildman–Crippen MR) is 193 cm³/mol. The van der Waals surface area contributed by atoms with Gasteiger partial charge in [0.1, 0.15) is 12.4 Å². The van der Waals surface area contributed by atoms with Gasteiger partial charge in [-0.15, -0.1) is 0 Å². The van der Waals surface area contributed by atoms with Gasteiger partial charge in [-0.2, -0.15) is 0 Å². The molecule has 1 heterocycles. The highest BCUT2D eigenvalue weighted by atomic mass is 79.9. The molecule has 4 aromatic rings. The summed E-state index contributed by atoms with van der Waals surface area (Å²) in [6.07, 6.45) is 6.15. The summed E-state index contributed by atoms with van der Waals surface area (Å²) in [7, 11) is 1.57. The van der Waals surface area contributed by atoms with E-state index in [0.717, 1.165) is 17.5 Å². The first-order valence-corrected chi connectivity index (χ1v) is 17.5. The van der Waals surface area contributed by atoms with Crippen molar-refractivity contribution in [3.05, 3.63) is 92.0 Å². The third kappa shape index (κ3) is 8.05. The third-order valence-electron chi connectivity index (χ3n) is 9.15. The van der Waals surface area contributed by atoms with Crippen molar-refractivity contribution in [2.24, 2.45) is 0 Å². The van der Waals surface area contributed by atoms with E-state index in [2.05, 4.69) is 33.1 Å². The van der Waals surface area contributed by atoms with Crippen molar-refractivity contribution >= 4 is 61.9 Å². The Labute approximate surface area is 294 Å². The van der Waals surface area contributed by atoms with Crippen LogP contribution in [0.25, 0.3) is 10.9 Å². The number of nitrogen functional groups attached to an aromatic ring is 1. The predicted octanol–water partition coefficient (Wildman–Crippen LogP) is 7.32. The molecule has 254 valence electrons. The van der Waals surface area contributed by atoms with E-state index in [9.17, 15) is 14.4 Å². The highest BCUT2D eigenvalue weighted by Crippen LogP contribution is 2.32. The maximum atomic E-state index is 13.6. The van der Waals surface area contributed by atoms with Crippen molar-refractivity contribution in [1.29, 1.82) is 0 Å². The van der Waals surface area contributed by atoms with E-state index in [1.54, 1.807) is 48.1 Å². The van der Waals surface area contributed by atoms with Gasteiger partial charge in [-0.3, -0.25) is 19.1 Å². The van der Waals surface area contributed by atoms with Gasteiger partial charge in [0.25, 0.3) is 5.91 Å². The number of aromatic nitrogens is 1. The number of ether oxygens (including phenoxy) is 2. The van der Waals surface area contributed by atoms with Crippen LogP contribution in [0.1, 0.15) is 76.6 Å². The zero-order chi connectivity index (χ0) is 34.4. The molecule has 3 aromatic carbocycles. The van der Waals surface area contributed by atoms with Gasteiger partial charge in [0.15, 0.2) is 0 Å². The van der Waals surface area contributed by atoms with Crippen LogP contribution in [0.2, 0.25) is 5.02 Å².